The molecular weight excluding hydrogens is 396 g/mol. The van der Waals surface area contributed by atoms with Gasteiger partial charge in [-0.15, -0.1) is 0 Å². The molecule has 3 aromatic carbocycles. The highest BCUT2D eigenvalue weighted by molar-refractivity contribution is 5.91. The Bertz CT molecular complexity index is 1170. The van der Waals surface area contributed by atoms with Gasteiger partial charge in [-0.25, -0.2) is 0 Å². The highest BCUT2D eigenvalue weighted by Gasteiger charge is 2.63. The van der Waals surface area contributed by atoms with Crippen LogP contribution in [0.25, 0.3) is 6.08 Å². The fourth-order valence-electron chi connectivity index (χ4n) is 5.35. The third kappa shape index (κ3) is 2.94. The smallest absolute Gasteiger partial charge is 0.244 e. The number of rotatable bonds is 5. The quantitative estimate of drug-likeness (QED) is 0.561. The molecule has 4 heteroatoms. The first-order valence-electron chi connectivity index (χ1n) is 11.0. The zero-order chi connectivity index (χ0) is 22.3. The molecule has 1 amide bonds. The number of nitrogens with zero attached hydrogens (tertiary/aromatic N) is 2. The second kappa shape index (κ2) is 7.56. The van der Waals surface area contributed by atoms with Gasteiger partial charge in [0.1, 0.15) is 11.4 Å². The molecule has 4 nitrogen and oxygen atoms in total. The SMILES string of the molecule is COc1ccc(/C=C/[C@@]23N(Cc4ccccc4)C(=O)CN2c2ccccc2C3(C)C)cc1. The number of amides is 1. The van der Waals surface area contributed by atoms with Gasteiger partial charge >= 0.3 is 0 Å². The number of anilines is 1. The van der Waals surface area contributed by atoms with Crippen LogP contribution in [0.5, 0.6) is 5.75 Å². The molecule has 0 bridgehead atoms. The van der Waals surface area contributed by atoms with E-state index in [1.54, 1.807) is 7.11 Å². The van der Waals surface area contributed by atoms with E-state index in [1.807, 2.05) is 42.5 Å². The number of carbonyl (C=O) groups is 1. The summed E-state index contributed by atoms with van der Waals surface area (Å²) in [4.78, 5) is 17.8. The third-order valence-electron chi connectivity index (χ3n) is 7.01. The molecule has 1 atom stereocenters. The molecule has 5 rings (SSSR count). The van der Waals surface area contributed by atoms with Crippen molar-refractivity contribution in [1.82, 2.24) is 4.90 Å². The van der Waals surface area contributed by atoms with E-state index in [-0.39, 0.29) is 11.3 Å². The number of hydrogen-bond donors (Lipinski definition) is 0. The first-order valence-corrected chi connectivity index (χ1v) is 11.0. The van der Waals surface area contributed by atoms with E-state index in [9.17, 15) is 4.79 Å². The van der Waals surface area contributed by atoms with Crippen molar-refractivity contribution in [2.75, 3.05) is 18.6 Å². The zero-order valence-electron chi connectivity index (χ0n) is 18.8. The standard InChI is InChI=1S/C28H28N2O2/c1-27(2)24-11-7-8-12-25(24)29-20-26(31)30(19-22-9-5-4-6-10-22)28(27,29)18-17-21-13-15-23(32-3)16-14-21/h4-18H,19-20H2,1-3H3/b18-17+/t28-/m0/s1. The van der Waals surface area contributed by atoms with Crippen LogP contribution in [0.1, 0.15) is 30.5 Å². The van der Waals surface area contributed by atoms with E-state index >= 15 is 0 Å². The second-order valence-corrected chi connectivity index (χ2v) is 9.03. The maximum Gasteiger partial charge on any atom is 0.244 e. The van der Waals surface area contributed by atoms with Gasteiger partial charge in [-0.05, 0) is 41.0 Å². The molecule has 2 heterocycles. The third-order valence-corrected chi connectivity index (χ3v) is 7.01. The molecule has 3 aromatic rings. The van der Waals surface area contributed by atoms with Crippen LogP contribution in [0.2, 0.25) is 0 Å². The fourth-order valence-corrected chi connectivity index (χ4v) is 5.35. The van der Waals surface area contributed by atoms with Crippen molar-refractivity contribution in [2.45, 2.75) is 31.5 Å². The maximum atomic E-state index is 13.4. The van der Waals surface area contributed by atoms with Crippen LogP contribution in [-0.2, 0) is 16.8 Å². The average Bonchev–Trinajstić information content (AvgIpc) is 3.20. The highest BCUT2D eigenvalue weighted by atomic mass is 16.5. The van der Waals surface area contributed by atoms with Gasteiger partial charge in [0.15, 0.2) is 0 Å². The molecular formula is C28H28N2O2. The van der Waals surface area contributed by atoms with Crippen LogP contribution in [0.3, 0.4) is 0 Å². The highest BCUT2D eigenvalue weighted by Crippen LogP contribution is 2.56. The lowest BCUT2D eigenvalue weighted by atomic mass is 9.74. The van der Waals surface area contributed by atoms with Crippen molar-refractivity contribution < 1.29 is 9.53 Å². The summed E-state index contributed by atoms with van der Waals surface area (Å²) in [5.41, 5.74) is 3.72. The molecule has 0 saturated carbocycles. The molecule has 0 N–H and O–H groups in total. The van der Waals surface area contributed by atoms with E-state index in [1.165, 1.54) is 5.56 Å². The number of carbonyl (C=O) groups excluding carboxylic acids is 1. The van der Waals surface area contributed by atoms with Crippen LogP contribution < -0.4 is 9.64 Å². The summed E-state index contributed by atoms with van der Waals surface area (Å²) < 4.78 is 5.30. The van der Waals surface area contributed by atoms with E-state index < -0.39 is 5.66 Å². The van der Waals surface area contributed by atoms with Gasteiger partial charge in [0, 0.05) is 17.6 Å². The summed E-state index contributed by atoms with van der Waals surface area (Å²) in [5.74, 6) is 0.980. The number of para-hydroxylation sites is 1. The minimum Gasteiger partial charge on any atom is -0.497 e. The Morgan fingerprint density at radius 3 is 2.34 bits per heavy atom. The summed E-state index contributed by atoms with van der Waals surface area (Å²) in [7, 11) is 1.67. The number of methoxy groups -OCH3 is 1. The molecule has 0 unspecified atom stereocenters. The number of hydrogen-bond acceptors (Lipinski definition) is 3. The molecule has 162 valence electrons. The predicted octanol–water partition coefficient (Wildman–Crippen LogP) is 5.24. The number of fused-ring (bicyclic) bond motifs is 3. The largest absolute Gasteiger partial charge is 0.497 e. The Morgan fingerprint density at radius 2 is 1.62 bits per heavy atom. The fraction of sp³-hybridized carbons (Fsp3) is 0.250. The number of ether oxygens (including phenoxy) is 1. The summed E-state index contributed by atoms with van der Waals surface area (Å²) in [6, 6.07) is 26.7. The van der Waals surface area contributed by atoms with Gasteiger partial charge in [-0.1, -0.05) is 80.6 Å². The molecule has 1 fully saturated rings. The lowest BCUT2D eigenvalue weighted by molar-refractivity contribution is -0.131. The zero-order valence-corrected chi connectivity index (χ0v) is 18.8. The van der Waals surface area contributed by atoms with E-state index in [0.717, 1.165) is 22.6 Å². The van der Waals surface area contributed by atoms with Crippen LogP contribution in [-0.4, -0.2) is 30.1 Å². The van der Waals surface area contributed by atoms with E-state index in [0.29, 0.717) is 13.1 Å². The molecule has 0 aliphatic carbocycles. The van der Waals surface area contributed by atoms with Crippen molar-refractivity contribution in [1.29, 1.82) is 0 Å². The first kappa shape index (κ1) is 20.4. The summed E-state index contributed by atoms with van der Waals surface area (Å²) in [5, 5.41) is 0. The van der Waals surface area contributed by atoms with Gasteiger partial charge in [0.05, 0.1) is 13.7 Å². The van der Waals surface area contributed by atoms with Crippen molar-refractivity contribution in [3.05, 3.63) is 102 Å². The van der Waals surface area contributed by atoms with Crippen molar-refractivity contribution in [3.63, 3.8) is 0 Å². The normalized spacial score (nSPS) is 21.2. The lowest BCUT2D eigenvalue weighted by Crippen LogP contribution is -2.60. The molecule has 32 heavy (non-hydrogen) atoms. The van der Waals surface area contributed by atoms with Gasteiger partial charge in [0.25, 0.3) is 0 Å². The van der Waals surface area contributed by atoms with Crippen LogP contribution in [0.15, 0.2) is 84.9 Å². The minimum absolute atomic E-state index is 0.149. The van der Waals surface area contributed by atoms with Gasteiger partial charge in [-0.3, -0.25) is 4.79 Å². The topological polar surface area (TPSA) is 32.8 Å². The lowest BCUT2D eigenvalue weighted by Gasteiger charge is -2.46. The average molecular weight is 425 g/mol. The number of benzene rings is 3. The molecule has 1 saturated heterocycles. The van der Waals surface area contributed by atoms with E-state index in [2.05, 4.69) is 72.2 Å². The van der Waals surface area contributed by atoms with Crippen molar-refractivity contribution >= 4 is 17.7 Å². The van der Waals surface area contributed by atoms with Crippen molar-refractivity contribution in [2.24, 2.45) is 0 Å². The minimum atomic E-state index is -0.594. The predicted molar refractivity (Wildman–Crippen MR) is 129 cm³/mol. The summed E-state index contributed by atoms with van der Waals surface area (Å²) in [6.45, 7) is 5.45. The molecule has 2 aliphatic rings. The van der Waals surface area contributed by atoms with E-state index in [4.69, 9.17) is 4.74 Å². The van der Waals surface area contributed by atoms with Crippen LogP contribution in [0, 0.1) is 0 Å². The Kier molecular flexibility index (Phi) is 4.81. The van der Waals surface area contributed by atoms with Gasteiger partial charge in [0.2, 0.25) is 5.91 Å². The monoisotopic (exact) mass is 424 g/mol. The Morgan fingerprint density at radius 1 is 0.938 bits per heavy atom. The molecule has 2 aliphatic heterocycles. The Labute approximate surface area is 189 Å². The van der Waals surface area contributed by atoms with Crippen molar-refractivity contribution in [3.8, 4) is 5.75 Å². The summed E-state index contributed by atoms with van der Waals surface area (Å²) in [6.07, 6.45) is 4.36. The van der Waals surface area contributed by atoms with Crippen LogP contribution >= 0.6 is 0 Å². The van der Waals surface area contributed by atoms with Crippen LogP contribution in [0.4, 0.5) is 5.69 Å². The van der Waals surface area contributed by atoms with Gasteiger partial charge in [-0.2, -0.15) is 0 Å². The first-order chi connectivity index (χ1) is 15.5. The Balaban J connectivity index is 1.64. The molecule has 0 spiro atoms. The second-order valence-electron chi connectivity index (χ2n) is 9.03. The molecule has 0 aromatic heterocycles. The maximum absolute atomic E-state index is 13.4. The summed E-state index contributed by atoms with van der Waals surface area (Å²) >= 11 is 0. The molecule has 0 radical (unpaired) electrons. The Hall–Kier alpha value is -3.53. The van der Waals surface area contributed by atoms with Gasteiger partial charge < -0.3 is 14.5 Å².